The standard InChI is InChI=1S/C9H14FN.CH3.Cs/c1-4-6-8(7(3)10)9(11)5-2;;/h4,6,9H,1,3,5,11H2,2H3;1H3;/q;-1;+1/b8-6+;;. The van der Waals surface area contributed by atoms with Crippen molar-refractivity contribution in [3.63, 3.8) is 0 Å². The van der Waals surface area contributed by atoms with Crippen LogP contribution in [0.4, 0.5) is 4.39 Å². The Kier molecular flexibility index (Phi) is 17.0. The second kappa shape index (κ2) is 11.2. The van der Waals surface area contributed by atoms with Gasteiger partial charge in [0.1, 0.15) is 5.83 Å². The summed E-state index contributed by atoms with van der Waals surface area (Å²) >= 11 is 0. The van der Waals surface area contributed by atoms with Crippen molar-refractivity contribution in [3.05, 3.63) is 44.1 Å². The van der Waals surface area contributed by atoms with E-state index in [4.69, 9.17) is 5.73 Å². The van der Waals surface area contributed by atoms with Crippen LogP contribution in [0.3, 0.4) is 0 Å². The first kappa shape index (κ1) is 19.7. The molecule has 70 valence electrons. The summed E-state index contributed by atoms with van der Waals surface area (Å²) in [6.07, 6.45) is 3.76. The summed E-state index contributed by atoms with van der Waals surface area (Å²) in [6.45, 7) is 8.53. The fourth-order valence-electron chi connectivity index (χ4n) is 0.762. The Morgan fingerprint density at radius 3 is 2.31 bits per heavy atom. The van der Waals surface area contributed by atoms with E-state index in [1.54, 1.807) is 6.08 Å². The van der Waals surface area contributed by atoms with Gasteiger partial charge in [-0.25, -0.2) is 4.39 Å². The topological polar surface area (TPSA) is 26.0 Å². The number of hydrogen-bond acceptors (Lipinski definition) is 1. The van der Waals surface area contributed by atoms with E-state index in [1.807, 2.05) is 6.92 Å². The first-order valence-electron chi connectivity index (χ1n) is 3.56. The molecule has 0 aliphatic carbocycles. The van der Waals surface area contributed by atoms with Crippen molar-refractivity contribution in [2.75, 3.05) is 0 Å². The predicted octanol–water partition coefficient (Wildman–Crippen LogP) is -0.226. The summed E-state index contributed by atoms with van der Waals surface area (Å²) in [7, 11) is 0. The van der Waals surface area contributed by atoms with Gasteiger partial charge in [0, 0.05) is 11.6 Å². The largest absolute Gasteiger partial charge is 1.00 e. The molecule has 0 aromatic heterocycles. The maximum Gasteiger partial charge on any atom is 1.00 e. The smallest absolute Gasteiger partial charge is 0.358 e. The zero-order valence-corrected chi connectivity index (χ0v) is 15.1. The average molecular weight is 303 g/mol. The molecule has 3 heteroatoms. The molecular weight excluding hydrogens is 286 g/mol. The number of halogens is 1. The molecule has 0 saturated heterocycles. The van der Waals surface area contributed by atoms with E-state index >= 15 is 0 Å². The summed E-state index contributed by atoms with van der Waals surface area (Å²) in [5.41, 5.74) is 6.02. The molecule has 1 nitrogen and oxygen atoms in total. The summed E-state index contributed by atoms with van der Waals surface area (Å²) < 4.78 is 12.6. The molecular formula is C10H17CsFN. The molecule has 0 aliphatic heterocycles. The minimum Gasteiger partial charge on any atom is -0.358 e. The van der Waals surface area contributed by atoms with Crippen molar-refractivity contribution in [2.24, 2.45) is 5.73 Å². The molecule has 0 spiro atoms. The third-order valence-corrected chi connectivity index (χ3v) is 1.45. The van der Waals surface area contributed by atoms with E-state index in [0.29, 0.717) is 12.0 Å². The predicted molar refractivity (Wildman–Crippen MR) is 53.2 cm³/mol. The Morgan fingerprint density at radius 1 is 1.62 bits per heavy atom. The van der Waals surface area contributed by atoms with Gasteiger partial charge < -0.3 is 13.2 Å². The SMILES string of the molecule is C=C/C=C(\C(=C)F)C(N)CC.[CH3-].[Cs+]. The molecule has 0 saturated carbocycles. The third kappa shape index (κ3) is 8.18. The van der Waals surface area contributed by atoms with Gasteiger partial charge in [-0.05, 0) is 6.42 Å². The zero-order chi connectivity index (χ0) is 8.85. The van der Waals surface area contributed by atoms with E-state index in [2.05, 4.69) is 13.2 Å². The Morgan fingerprint density at radius 2 is 2.08 bits per heavy atom. The van der Waals surface area contributed by atoms with E-state index in [0.717, 1.165) is 0 Å². The van der Waals surface area contributed by atoms with Crippen molar-refractivity contribution in [2.45, 2.75) is 19.4 Å². The van der Waals surface area contributed by atoms with Crippen LogP contribution in [0.2, 0.25) is 0 Å². The van der Waals surface area contributed by atoms with Gasteiger partial charge in [-0.3, -0.25) is 0 Å². The Bertz CT molecular complexity index is 187. The van der Waals surface area contributed by atoms with Crippen LogP contribution in [0.5, 0.6) is 0 Å². The Labute approximate surface area is 140 Å². The molecule has 0 aliphatic rings. The third-order valence-electron chi connectivity index (χ3n) is 1.45. The van der Waals surface area contributed by atoms with Crippen LogP contribution in [0, 0.1) is 7.43 Å². The second-order valence-corrected chi connectivity index (χ2v) is 2.28. The van der Waals surface area contributed by atoms with Gasteiger partial charge in [-0.1, -0.05) is 32.2 Å². The molecule has 0 heterocycles. The monoisotopic (exact) mass is 303 g/mol. The molecule has 0 fully saturated rings. The van der Waals surface area contributed by atoms with Crippen molar-refractivity contribution in [3.8, 4) is 0 Å². The number of rotatable bonds is 4. The van der Waals surface area contributed by atoms with Gasteiger partial charge >= 0.3 is 68.9 Å². The molecule has 13 heavy (non-hydrogen) atoms. The number of allylic oxidation sites excluding steroid dienone is 2. The number of hydrogen-bond donors (Lipinski definition) is 1. The zero-order valence-electron chi connectivity index (χ0n) is 8.81. The molecule has 0 aromatic rings. The maximum absolute atomic E-state index is 12.6. The molecule has 2 N–H and O–H groups in total. The van der Waals surface area contributed by atoms with E-state index < -0.39 is 5.83 Å². The van der Waals surface area contributed by atoms with Gasteiger partial charge in [0.2, 0.25) is 0 Å². The van der Waals surface area contributed by atoms with E-state index in [9.17, 15) is 4.39 Å². The normalized spacial score (nSPS) is 12.1. The minimum atomic E-state index is -0.473. The summed E-state index contributed by atoms with van der Waals surface area (Å²) in [4.78, 5) is 0. The molecule has 0 bridgehead atoms. The van der Waals surface area contributed by atoms with E-state index in [-0.39, 0.29) is 82.4 Å². The van der Waals surface area contributed by atoms with Crippen molar-refractivity contribution < 1.29 is 73.3 Å². The Hall–Kier alpha value is 1.16. The van der Waals surface area contributed by atoms with Gasteiger partial charge in [0.25, 0.3) is 0 Å². The van der Waals surface area contributed by atoms with Crippen LogP contribution in [-0.2, 0) is 0 Å². The quantitative estimate of drug-likeness (QED) is 0.564. The molecule has 1 atom stereocenters. The van der Waals surface area contributed by atoms with Crippen LogP contribution < -0.4 is 74.6 Å². The van der Waals surface area contributed by atoms with E-state index in [1.165, 1.54) is 6.08 Å². The molecule has 0 radical (unpaired) electrons. The fraction of sp³-hybridized carbons (Fsp3) is 0.300. The van der Waals surface area contributed by atoms with Crippen LogP contribution in [0.15, 0.2) is 36.7 Å². The van der Waals surface area contributed by atoms with Crippen molar-refractivity contribution in [1.82, 2.24) is 0 Å². The maximum atomic E-state index is 12.6. The summed E-state index contributed by atoms with van der Waals surface area (Å²) in [6, 6.07) is -0.273. The van der Waals surface area contributed by atoms with Crippen LogP contribution in [-0.4, -0.2) is 6.04 Å². The minimum absolute atomic E-state index is 0. The van der Waals surface area contributed by atoms with Gasteiger partial charge in [0.15, 0.2) is 0 Å². The van der Waals surface area contributed by atoms with Crippen molar-refractivity contribution >= 4 is 0 Å². The molecule has 0 aromatic carbocycles. The van der Waals surface area contributed by atoms with Gasteiger partial charge in [-0.2, -0.15) is 0 Å². The van der Waals surface area contributed by atoms with Gasteiger partial charge in [0.05, 0.1) is 0 Å². The molecule has 0 amide bonds. The average Bonchev–Trinajstić information content (AvgIpc) is 1.98. The summed E-state index contributed by atoms with van der Waals surface area (Å²) in [5.74, 6) is -0.473. The fourth-order valence-corrected chi connectivity index (χ4v) is 0.762. The van der Waals surface area contributed by atoms with Crippen LogP contribution in [0.1, 0.15) is 13.3 Å². The van der Waals surface area contributed by atoms with Gasteiger partial charge in [-0.15, -0.1) is 0 Å². The Balaban J connectivity index is -0.000000500. The van der Waals surface area contributed by atoms with Crippen molar-refractivity contribution in [1.29, 1.82) is 0 Å². The molecule has 0 rings (SSSR count). The second-order valence-electron chi connectivity index (χ2n) is 2.28. The molecule has 1 unspecified atom stereocenters. The number of nitrogens with two attached hydrogens (primary N) is 1. The van der Waals surface area contributed by atoms with Crippen LogP contribution in [0.25, 0.3) is 0 Å². The van der Waals surface area contributed by atoms with Crippen LogP contribution >= 0.6 is 0 Å². The first-order valence-corrected chi connectivity index (χ1v) is 3.56. The summed E-state index contributed by atoms with van der Waals surface area (Å²) in [5, 5.41) is 0. The first-order chi connectivity index (χ1) is 5.13.